The molecule has 22 heavy (non-hydrogen) atoms. The molecule has 1 heterocycles. The average molecular weight is 303 g/mol. The molecule has 2 rings (SSSR count). The van der Waals surface area contributed by atoms with Crippen LogP contribution in [-0.2, 0) is 6.42 Å². The summed E-state index contributed by atoms with van der Waals surface area (Å²) in [5, 5.41) is 0. The van der Waals surface area contributed by atoms with E-state index in [1.807, 2.05) is 0 Å². The maximum absolute atomic E-state index is 2.65. The number of aryl methyl sites for hydroxylation is 1. The Morgan fingerprint density at radius 2 is 1.45 bits per heavy atom. The largest absolute Gasteiger partial charge is 0.301 e. The SMILES string of the molecule is CC(C)(C)N1CCN(CCCCCCc2ccccc2)CC1. The topological polar surface area (TPSA) is 6.48 Å². The van der Waals surface area contributed by atoms with E-state index in [2.05, 4.69) is 60.9 Å². The van der Waals surface area contributed by atoms with E-state index in [-0.39, 0.29) is 0 Å². The minimum Gasteiger partial charge on any atom is -0.301 e. The maximum Gasteiger partial charge on any atom is 0.0126 e. The molecule has 0 aliphatic carbocycles. The Balaban J connectivity index is 1.50. The van der Waals surface area contributed by atoms with Gasteiger partial charge in [-0.3, -0.25) is 4.90 Å². The lowest BCUT2D eigenvalue weighted by Gasteiger charge is -2.42. The van der Waals surface area contributed by atoms with Gasteiger partial charge in [-0.05, 0) is 52.1 Å². The quantitative estimate of drug-likeness (QED) is 0.696. The first-order valence-electron chi connectivity index (χ1n) is 9.07. The lowest BCUT2D eigenvalue weighted by molar-refractivity contribution is 0.0616. The van der Waals surface area contributed by atoms with Crippen molar-refractivity contribution in [3.05, 3.63) is 35.9 Å². The molecule has 2 nitrogen and oxygen atoms in total. The summed E-state index contributed by atoms with van der Waals surface area (Å²) < 4.78 is 0. The molecular formula is C20H34N2. The fourth-order valence-corrected chi connectivity index (χ4v) is 3.31. The summed E-state index contributed by atoms with van der Waals surface area (Å²) in [5.74, 6) is 0. The van der Waals surface area contributed by atoms with E-state index in [4.69, 9.17) is 0 Å². The summed E-state index contributed by atoms with van der Waals surface area (Å²) in [6, 6.07) is 10.9. The standard InChI is InChI=1S/C20H34N2/c1-20(2,3)22-17-15-21(16-18-22)14-10-5-4-7-11-19-12-8-6-9-13-19/h6,8-9,12-13H,4-5,7,10-11,14-18H2,1-3H3. The molecular weight excluding hydrogens is 268 g/mol. The number of hydrogen-bond donors (Lipinski definition) is 0. The van der Waals surface area contributed by atoms with Crippen molar-refractivity contribution in [2.75, 3.05) is 32.7 Å². The van der Waals surface area contributed by atoms with Gasteiger partial charge in [0.2, 0.25) is 0 Å². The van der Waals surface area contributed by atoms with Crippen LogP contribution in [0.25, 0.3) is 0 Å². The highest BCUT2D eigenvalue weighted by atomic mass is 15.3. The predicted molar refractivity (Wildman–Crippen MR) is 96.4 cm³/mol. The number of hydrogen-bond acceptors (Lipinski definition) is 2. The summed E-state index contributed by atoms with van der Waals surface area (Å²) in [6.45, 7) is 13.3. The predicted octanol–water partition coefficient (Wildman–Crippen LogP) is 4.21. The molecule has 0 saturated carbocycles. The van der Waals surface area contributed by atoms with Crippen molar-refractivity contribution >= 4 is 0 Å². The van der Waals surface area contributed by atoms with Crippen LogP contribution in [0.15, 0.2) is 30.3 Å². The second-order valence-electron chi connectivity index (χ2n) is 7.65. The molecule has 1 fully saturated rings. The first kappa shape index (κ1) is 17.5. The van der Waals surface area contributed by atoms with Crippen molar-refractivity contribution in [1.82, 2.24) is 9.80 Å². The Morgan fingerprint density at radius 3 is 2.09 bits per heavy atom. The monoisotopic (exact) mass is 302 g/mol. The molecule has 1 aromatic rings. The van der Waals surface area contributed by atoms with Crippen molar-refractivity contribution in [1.29, 1.82) is 0 Å². The smallest absolute Gasteiger partial charge is 0.0126 e. The summed E-state index contributed by atoms with van der Waals surface area (Å²) in [5.41, 5.74) is 1.82. The number of piperazine rings is 1. The van der Waals surface area contributed by atoms with Crippen LogP contribution in [0.1, 0.15) is 52.0 Å². The third-order valence-corrected chi connectivity index (χ3v) is 4.85. The Hall–Kier alpha value is -0.860. The molecule has 2 heteroatoms. The number of nitrogens with zero attached hydrogens (tertiary/aromatic N) is 2. The molecule has 0 atom stereocenters. The number of unbranched alkanes of at least 4 members (excludes halogenated alkanes) is 3. The molecule has 1 aliphatic heterocycles. The van der Waals surface area contributed by atoms with Gasteiger partial charge in [0, 0.05) is 31.7 Å². The molecule has 0 bridgehead atoms. The second kappa shape index (κ2) is 8.69. The zero-order chi connectivity index (χ0) is 15.8. The molecule has 0 amide bonds. The van der Waals surface area contributed by atoms with Crippen LogP contribution < -0.4 is 0 Å². The van der Waals surface area contributed by atoms with Gasteiger partial charge in [-0.2, -0.15) is 0 Å². The van der Waals surface area contributed by atoms with Crippen molar-refractivity contribution in [3.8, 4) is 0 Å². The Morgan fingerprint density at radius 1 is 0.818 bits per heavy atom. The van der Waals surface area contributed by atoms with Gasteiger partial charge in [0.1, 0.15) is 0 Å². The molecule has 0 N–H and O–H groups in total. The van der Waals surface area contributed by atoms with Gasteiger partial charge in [-0.25, -0.2) is 0 Å². The molecule has 0 unspecified atom stereocenters. The molecule has 1 saturated heterocycles. The van der Waals surface area contributed by atoms with Crippen LogP contribution in [0.3, 0.4) is 0 Å². The van der Waals surface area contributed by atoms with Gasteiger partial charge in [-0.15, -0.1) is 0 Å². The Kier molecular flexibility index (Phi) is 6.91. The third-order valence-electron chi connectivity index (χ3n) is 4.85. The van der Waals surface area contributed by atoms with Crippen LogP contribution in [-0.4, -0.2) is 48.1 Å². The summed E-state index contributed by atoms with van der Waals surface area (Å²) in [4.78, 5) is 5.27. The number of rotatable bonds is 7. The van der Waals surface area contributed by atoms with E-state index < -0.39 is 0 Å². The molecule has 1 aliphatic rings. The Labute approximate surface area is 137 Å². The first-order chi connectivity index (χ1) is 10.6. The first-order valence-corrected chi connectivity index (χ1v) is 9.07. The van der Waals surface area contributed by atoms with Crippen molar-refractivity contribution < 1.29 is 0 Å². The summed E-state index contributed by atoms with van der Waals surface area (Å²) in [7, 11) is 0. The molecule has 0 spiro atoms. The Bertz CT molecular complexity index is 399. The van der Waals surface area contributed by atoms with Crippen LogP contribution in [0, 0.1) is 0 Å². The van der Waals surface area contributed by atoms with E-state index in [0.29, 0.717) is 5.54 Å². The van der Waals surface area contributed by atoms with Crippen molar-refractivity contribution in [2.24, 2.45) is 0 Å². The molecule has 1 aromatic carbocycles. The zero-order valence-electron chi connectivity index (χ0n) is 14.9. The fraction of sp³-hybridized carbons (Fsp3) is 0.700. The van der Waals surface area contributed by atoms with E-state index in [1.165, 1.54) is 70.4 Å². The highest BCUT2D eigenvalue weighted by Gasteiger charge is 2.25. The third kappa shape index (κ3) is 6.10. The van der Waals surface area contributed by atoms with E-state index >= 15 is 0 Å². The van der Waals surface area contributed by atoms with Gasteiger partial charge in [0.15, 0.2) is 0 Å². The number of benzene rings is 1. The van der Waals surface area contributed by atoms with Crippen molar-refractivity contribution in [2.45, 2.75) is 58.4 Å². The van der Waals surface area contributed by atoms with Crippen LogP contribution in [0.5, 0.6) is 0 Å². The van der Waals surface area contributed by atoms with Gasteiger partial charge < -0.3 is 4.90 Å². The molecule has 0 radical (unpaired) electrons. The normalized spacial score (nSPS) is 17.8. The van der Waals surface area contributed by atoms with Crippen LogP contribution >= 0.6 is 0 Å². The minimum atomic E-state index is 0.337. The van der Waals surface area contributed by atoms with Gasteiger partial charge in [0.25, 0.3) is 0 Å². The minimum absolute atomic E-state index is 0.337. The summed E-state index contributed by atoms with van der Waals surface area (Å²) in [6.07, 6.45) is 6.69. The van der Waals surface area contributed by atoms with Gasteiger partial charge >= 0.3 is 0 Å². The van der Waals surface area contributed by atoms with E-state index in [1.54, 1.807) is 0 Å². The molecule has 124 valence electrons. The van der Waals surface area contributed by atoms with E-state index in [0.717, 1.165) is 0 Å². The van der Waals surface area contributed by atoms with Gasteiger partial charge in [-0.1, -0.05) is 43.2 Å². The van der Waals surface area contributed by atoms with Crippen molar-refractivity contribution in [3.63, 3.8) is 0 Å². The molecule has 0 aromatic heterocycles. The lowest BCUT2D eigenvalue weighted by Crippen LogP contribution is -2.53. The average Bonchev–Trinajstić information content (AvgIpc) is 2.51. The van der Waals surface area contributed by atoms with Crippen LogP contribution in [0.2, 0.25) is 0 Å². The highest BCUT2D eigenvalue weighted by Crippen LogP contribution is 2.16. The van der Waals surface area contributed by atoms with Gasteiger partial charge in [0.05, 0.1) is 0 Å². The maximum atomic E-state index is 2.65. The zero-order valence-corrected chi connectivity index (χ0v) is 14.9. The fourth-order valence-electron chi connectivity index (χ4n) is 3.31. The lowest BCUT2D eigenvalue weighted by atomic mass is 10.0. The van der Waals surface area contributed by atoms with E-state index in [9.17, 15) is 0 Å². The summed E-state index contributed by atoms with van der Waals surface area (Å²) >= 11 is 0. The van der Waals surface area contributed by atoms with Crippen LogP contribution in [0.4, 0.5) is 0 Å². The highest BCUT2D eigenvalue weighted by molar-refractivity contribution is 5.14. The second-order valence-corrected chi connectivity index (χ2v) is 7.65.